The van der Waals surface area contributed by atoms with Gasteiger partial charge in [-0.3, -0.25) is 4.90 Å². The van der Waals surface area contributed by atoms with Gasteiger partial charge in [0.1, 0.15) is 0 Å². The maximum atomic E-state index is 5.36. The zero-order valence-electron chi connectivity index (χ0n) is 11.5. The standard InChI is InChI=1S/C15H20N4O/c1-3-14(17-10-15-9-16-12-18-15)4-2-13(1)11-19-5-7-20-8-6-19/h1-4,9,12,17H,5-8,10-11H2,(H,16,18). The highest BCUT2D eigenvalue weighted by Crippen LogP contribution is 2.13. The monoisotopic (exact) mass is 272 g/mol. The van der Waals surface area contributed by atoms with E-state index in [4.69, 9.17) is 4.74 Å². The third-order valence-electron chi connectivity index (χ3n) is 3.50. The van der Waals surface area contributed by atoms with Crippen LogP contribution in [0.3, 0.4) is 0 Å². The number of anilines is 1. The first-order valence-corrected chi connectivity index (χ1v) is 7.00. The number of nitrogens with one attached hydrogen (secondary N) is 2. The Morgan fingerprint density at radius 1 is 1.20 bits per heavy atom. The van der Waals surface area contributed by atoms with Gasteiger partial charge in [-0.25, -0.2) is 4.98 Å². The predicted molar refractivity (Wildman–Crippen MR) is 78.5 cm³/mol. The number of nitrogens with zero attached hydrogens (tertiary/aromatic N) is 2. The van der Waals surface area contributed by atoms with Crippen LogP contribution >= 0.6 is 0 Å². The van der Waals surface area contributed by atoms with E-state index in [0.717, 1.165) is 50.8 Å². The number of hydrogen-bond donors (Lipinski definition) is 2. The molecule has 1 aromatic carbocycles. The molecule has 106 valence electrons. The van der Waals surface area contributed by atoms with Gasteiger partial charge in [-0.05, 0) is 17.7 Å². The molecule has 1 aliphatic heterocycles. The summed E-state index contributed by atoms with van der Waals surface area (Å²) in [5.41, 5.74) is 3.56. The Morgan fingerprint density at radius 2 is 2.00 bits per heavy atom. The van der Waals surface area contributed by atoms with E-state index >= 15 is 0 Å². The topological polar surface area (TPSA) is 53.2 Å². The van der Waals surface area contributed by atoms with Crippen molar-refractivity contribution in [2.75, 3.05) is 31.6 Å². The number of benzene rings is 1. The molecule has 1 aromatic heterocycles. The van der Waals surface area contributed by atoms with E-state index in [-0.39, 0.29) is 0 Å². The molecule has 2 aromatic rings. The number of aromatic nitrogens is 2. The molecule has 2 N–H and O–H groups in total. The lowest BCUT2D eigenvalue weighted by Crippen LogP contribution is -2.35. The zero-order valence-corrected chi connectivity index (χ0v) is 11.5. The smallest absolute Gasteiger partial charge is 0.0922 e. The van der Waals surface area contributed by atoms with Crippen molar-refractivity contribution >= 4 is 5.69 Å². The lowest BCUT2D eigenvalue weighted by Gasteiger charge is -2.26. The fraction of sp³-hybridized carbons (Fsp3) is 0.400. The Labute approximate surface area is 119 Å². The van der Waals surface area contributed by atoms with Gasteiger partial charge in [0.2, 0.25) is 0 Å². The maximum absolute atomic E-state index is 5.36. The minimum absolute atomic E-state index is 0.767. The quantitative estimate of drug-likeness (QED) is 0.872. The van der Waals surface area contributed by atoms with E-state index in [0.29, 0.717) is 0 Å². The minimum atomic E-state index is 0.767. The summed E-state index contributed by atoms with van der Waals surface area (Å²) < 4.78 is 5.36. The first kappa shape index (κ1) is 13.1. The lowest BCUT2D eigenvalue weighted by molar-refractivity contribution is 0.0342. The lowest BCUT2D eigenvalue weighted by atomic mass is 10.2. The fourth-order valence-corrected chi connectivity index (χ4v) is 2.32. The molecule has 0 bridgehead atoms. The van der Waals surface area contributed by atoms with Crippen LogP contribution in [-0.4, -0.2) is 41.2 Å². The molecule has 0 unspecified atom stereocenters. The van der Waals surface area contributed by atoms with Crippen LogP contribution in [0.15, 0.2) is 36.8 Å². The number of rotatable bonds is 5. The highest BCUT2D eigenvalue weighted by Gasteiger charge is 2.10. The molecule has 1 saturated heterocycles. The summed E-state index contributed by atoms with van der Waals surface area (Å²) in [6.07, 6.45) is 3.53. The molecule has 0 aliphatic carbocycles. The number of imidazole rings is 1. The van der Waals surface area contributed by atoms with Crippen molar-refractivity contribution in [3.63, 3.8) is 0 Å². The van der Waals surface area contributed by atoms with Gasteiger partial charge in [0.05, 0.1) is 31.8 Å². The van der Waals surface area contributed by atoms with E-state index in [1.165, 1.54) is 5.56 Å². The fourth-order valence-electron chi connectivity index (χ4n) is 2.32. The second-order valence-corrected chi connectivity index (χ2v) is 5.02. The Kier molecular flexibility index (Phi) is 4.30. The van der Waals surface area contributed by atoms with Crippen LogP contribution in [0.5, 0.6) is 0 Å². The van der Waals surface area contributed by atoms with E-state index < -0.39 is 0 Å². The Balaban J connectivity index is 1.51. The molecular weight excluding hydrogens is 252 g/mol. The summed E-state index contributed by atoms with van der Waals surface area (Å²) in [6, 6.07) is 8.63. The summed E-state index contributed by atoms with van der Waals surface area (Å²) in [4.78, 5) is 9.51. The average Bonchev–Trinajstić information content (AvgIpc) is 3.01. The van der Waals surface area contributed by atoms with Crippen molar-refractivity contribution in [3.05, 3.63) is 48.0 Å². The molecule has 0 amide bonds. The highest BCUT2D eigenvalue weighted by atomic mass is 16.5. The normalized spacial score (nSPS) is 16.2. The van der Waals surface area contributed by atoms with Gasteiger partial charge < -0.3 is 15.0 Å². The molecule has 5 heteroatoms. The Bertz CT molecular complexity index is 503. The minimum Gasteiger partial charge on any atom is -0.379 e. The van der Waals surface area contributed by atoms with Gasteiger partial charge in [-0.2, -0.15) is 0 Å². The summed E-state index contributed by atoms with van der Waals surface area (Å²) in [5, 5.41) is 3.37. The molecule has 0 radical (unpaired) electrons. The molecule has 5 nitrogen and oxygen atoms in total. The van der Waals surface area contributed by atoms with Crippen LogP contribution in [0, 0.1) is 0 Å². The SMILES string of the molecule is c1ncc(CNc2ccc(CN3CCOCC3)cc2)[nH]1. The Hall–Kier alpha value is -1.85. The van der Waals surface area contributed by atoms with Crippen molar-refractivity contribution in [3.8, 4) is 0 Å². The van der Waals surface area contributed by atoms with Crippen LogP contribution in [0.2, 0.25) is 0 Å². The predicted octanol–water partition coefficient (Wildman–Crippen LogP) is 1.85. The van der Waals surface area contributed by atoms with Gasteiger partial charge in [-0.1, -0.05) is 12.1 Å². The summed E-state index contributed by atoms with van der Waals surface area (Å²) in [5.74, 6) is 0. The van der Waals surface area contributed by atoms with Gasteiger partial charge in [0.15, 0.2) is 0 Å². The third kappa shape index (κ3) is 3.59. The van der Waals surface area contributed by atoms with Crippen LogP contribution < -0.4 is 5.32 Å². The van der Waals surface area contributed by atoms with Crippen molar-refractivity contribution < 1.29 is 4.74 Å². The highest BCUT2D eigenvalue weighted by molar-refractivity contribution is 5.44. The molecule has 3 rings (SSSR count). The van der Waals surface area contributed by atoms with Gasteiger partial charge in [0, 0.05) is 31.5 Å². The zero-order chi connectivity index (χ0) is 13.6. The number of ether oxygens (including phenoxy) is 1. The van der Waals surface area contributed by atoms with E-state index in [1.54, 1.807) is 6.33 Å². The molecule has 0 spiro atoms. The van der Waals surface area contributed by atoms with Crippen LogP contribution in [-0.2, 0) is 17.8 Å². The van der Waals surface area contributed by atoms with E-state index in [9.17, 15) is 0 Å². The molecule has 0 saturated carbocycles. The first-order chi connectivity index (χ1) is 9.90. The molecule has 0 atom stereocenters. The second-order valence-electron chi connectivity index (χ2n) is 5.02. The van der Waals surface area contributed by atoms with Crippen molar-refractivity contribution in [1.29, 1.82) is 0 Å². The molecule has 1 fully saturated rings. The van der Waals surface area contributed by atoms with Crippen LogP contribution in [0.1, 0.15) is 11.3 Å². The average molecular weight is 272 g/mol. The van der Waals surface area contributed by atoms with E-state index in [2.05, 4.69) is 44.5 Å². The largest absolute Gasteiger partial charge is 0.379 e. The van der Waals surface area contributed by atoms with Crippen molar-refractivity contribution in [2.45, 2.75) is 13.1 Å². The Morgan fingerprint density at radius 3 is 2.70 bits per heavy atom. The van der Waals surface area contributed by atoms with Crippen molar-refractivity contribution in [2.24, 2.45) is 0 Å². The number of hydrogen-bond acceptors (Lipinski definition) is 4. The van der Waals surface area contributed by atoms with Crippen molar-refractivity contribution in [1.82, 2.24) is 14.9 Å². The first-order valence-electron chi connectivity index (χ1n) is 7.00. The van der Waals surface area contributed by atoms with Crippen LogP contribution in [0.4, 0.5) is 5.69 Å². The maximum Gasteiger partial charge on any atom is 0.0922 e. The summed E-state index contributed by atoms with van der Waals surface area (Å²) >= 11 is 0. The van der Waals surface area contributed by atoms with Gasteiger partial charge in [-0.15, -0.1) is 0 Å². The molecule has 20 heavy (non-hydrogen) atoms. The van der Waals surface area contributed by atoms with Gasteiger partial charge in [0.25, 0.3) is 0 Å². The number of aromatic amines is 1. The number of H-pyrrole nitrogens is 1. The molecule has 1 aliphatic rings. The van der Waals surface area contributed by atoms with Crippen LogP contribution in [0.25, 0.3) is 0 Å². The number of morpholine rings is 1. The summed E-state index contributed by atoms with van der Waals surface area (Å²) in [7, 11) is 0. The second kappa shape index (κ2) is 6.54. The molecule has 2 heterocycles. The summed E-state index contributed by atoms with van der Waals surface area (Å²) in [6.45, 7) is 5.53. The van der Waals surface area contributed by atoms with Gasteiger partial charge >= 0.3 is 0 Å². The third-order valence-corrected chi connectivity index (χ3v) is 3.50. The molecular formula is C15H20N4O. The van der Waals surface area contributed by atoms with E-state index in [1.807, 2.05) is 6.20 Å².